The number of halogens is 3. The minimum absolute atomic E-state index is 0.118. The van der Waals surface area contributed by atoms with Crippen molar-refractivity contribution >= 4 is 11.8 Å². The van der Waals surface area contributed by atoms with Gasteiger partial charge in [-0.05, 0) is 37.1 Å². The van der Waals surface area contributed by atoms with Crippen LogP contribution < -0.4 is 5.32 Å². The van der Waals surface area contributed by atoms with E-state index in [9.17, 15) is 13.2 Å². The van der Waals surface area contributed by atoms with Gasteiger partial charge in [-0.1, -0.05) is 38.5 Å². The molecule has 18 heavy (non-hydrogen) atoms. The Bertz CT molecular complexity index is 235. The molecule has 1 aliphatic rings. The van der Waals surface area contributed by atoms with Gasteiger partial charge in [-0.3, -0.25) is 0 Å². The molecule has 0 saturated heterocycles. The molecule has 0 aromatic heterocycles. The van der Waals surface area contributed by atoms with Gasteiger partial charge in [0.2, 0.25) is 0 Å². The molecule has 0 unspecified atom stereocenters. The van der Waals surface area contributed by atoms with Gasteiger partial charge in [-0.2, -0.15) is 13.2 Å². The highest BCUT2D eigenvalue weighted by molar-refractivity contribution is 8.00. The van der Waals surface area contributed by atoms with Crippen LogP contribution in [0, 0.1) is 11.3 Å². The topological polar surface area (TPSA) is 12.0 Å². The molecule has 0 bridgehead atoms. The molecular formula is C13H24F3NS. The highest BCUT2D eigenvalue weighted by atomic mass is 32.2. The van der Waals surface area contributed by atoms with E-state index in [-0.39, 0.29) is 22.9 Å². The third-order valence-corrected chi connectivity index (χ3v) is 4.35. The van der Waals surface area contributed by atoms with Crippen molar-refractivity contribution in [3.05, 3.63) is 0 Å². The van der Waals surface area contributed by atoms with Crippen molar-refractivity contribution in [1.82, 2.24) is 5.32 Å². The monoisotopic (exact) mass is 283 g/mol. The smallest absolute Gasteiger partial charge is 0.316 e. The molecule has 0 spiro atoms. The van der Waals surface area contributed by atoms with Gasteiger partial charge in [0, 0.05) is 12.3 Å². The maximum absolute atomic E-state index is 12.2. The Morgan fingerprint density at radius 3 is 2.33 bits per heavy atom. The van der Waals surface area contributed by atoms with Crippen LogP contribution in [0.4, 0.5) is 13.2 Å². The van der Waals surface area contributed by atoms with Crippen LogP contribution in [0.25, 0.3) is 0 Å². The lowest BCUT2D eigenvalue weighted by Gasteiger charge is -2.30. The van der Waals surface area contributed by atoms with Gasteiger partial charge in [0.1, 0.15) is 0 Å². The molecule has 1 nitrogen and oxygen atoms in total. The minimum atomic E-state index is -4.08. The Hall–Kier alpha value is 0.100. The summed E-state index contributed by atoms with van der Waals surface area (Å²) >= 11 is 0.131. The van der Waals surface area contributed by atoms with E-state index in [4.69, 9.17) is 0 Å². The van der Waals surface area contributed by atoms with Crippen molar-refractivity contribution in [2.24, 2.45) is 11.3 Å². The summed E-state index contributed by atoms with van der Waals surface area (Å²) in [6.07, 6.45) is 5.18. The molecule has 1 fully saturated rings. The summed E-state index contributed by atoms with van der Waals surface area (Å²) in [5.74, 6) is 0.792. The zero-order valence-corrected chi connectivity index (χ0v) is 12.1. The summed E-state index contributed by atoms with van der Waals surface area (Å²) < 4.78 is 36.5. The van der Waals surface area contributed by atoms with Gasteiger partial charge in [0.05, 0.1) is 0 Å². The average molecular weight is 283 g/mol. The van der Waals surface area contributed by atoms with Crippen LogP contribution >= 0.6 is 11.8 Å². The number of hydrogen-bond acceptors (Lipinski definition) is 2. The van der Waals surface area contributed by atoms with Gasteiger partial charge < -0.3 is 5.32 Å². The number of hydrogen-bond donors (Lipinski definition) is 1. The first-order chi connectivity index (χ1) is 8.33. The van der Waals surface area contributed by atoms with Crippen LogP contribution in [0.1, 0.15) is 46.0 Å². The standard InChI is InChI=1S/C13H24F3NS/c1-11(2)9-17-10-12(5-3-4-6-12)7-8-18-13(14,15)16/h11,17H,3-10H2,1-2H3. The predicted molar refractivity (Wildman–Crippen MR) is 71.7 cm³/mol. The molecule has 0 atom stereocenters. The first kappa shape index (κ1) is 16.2. The highest BCUT2D eigenvalue weighted by Crippen LogP contribution is 2.43. The average Bonchev–Trinajstić information content (AvgIpc) is 2.64. The van der Waals surface area contributed by atoms with E-state index < -0.39 is 5.51 Å². The second-order valence-corrected chi connectivity index (χ2v) is 6.94. The van der Waals surface area contributed by atoms with Gasteiger partial charge >= 0.3 is 5.51 Å². The normalized spacial score (nSPS) is 19.7. The fraction of sp³-hybridized carbons (Fsp3) is 1.00. The summed E-state index contributed by atoms with van der Waals surface area (Å²) in [6, 6.07) is 0. The van der Waals surface area contributed by atoms with Crippen LogP contribution in [0.3, 0.4) is 0 Å². The Morgan fingerprint density at radius 1 is 1.22 bits per heavy atom. The fourth-order valence-corrected chi connectivity index (χ4v) is 3.42. The van der Waals surface area contributed by atoms with E-state index >= 15 is 0 Å². The maximum Gasteiger partial charge on any atom is 0.441 e. The Morgan fingerprint density at radius 2 is 1.83 bits per heavy atom. The lowest BCUT2D eigenvalue weighted by Crippen LogP contribution is -2.34. The van der Waals surface area contributed by atoms with Crippen LogP contribution in [0.15, 0.2) is 0 Å². The predicted octanol–water partition coefficient (Wildman–Crippen LogP) is 4.44. The largest absolute Gasteiger partial charge is 0.441 e. The lowest BCUT2D eigenvalue weighted by molar-refractivity contribution is -0.0329. The number of nitrogens with one attached hydrogen (secondary N) is 1. The van der Waals surface area contributed by atoms with E-state index in [1.165, 1.54) is 12.8 Å². The molecular weight excluding hydrogens is 259 g/mol. The molecule has 0 radical (unpaired) electrons. The van der Waals surface area contributed by atoms with Crippen LogP contribution in [0.5, 0.6) is 0 Å². The molecule has 0 heterocycles. The minimum Gasteiger partial charge on any atom is -0.316 e. The summed E-state index contributed by atoms with van der Waals surface area (Å²) in [4.78, 5) is 0. The van der Waals surface area contributed by atoms with Crippen molar-refractivity contribution in [2.45, 2.75) is 51.5 Å². The molecule has 108 valence electrons. The highest BCUT2D eigenvalue weighted by Gasteiger charge is 2.35. The molecule has 0 aliphatic heterocycles. The summed E-state index contributed by atoms with van der Waals surface area (Å²) in [6.45, 7) is 6.12. The quantitative estimate of drug-likeness (QED) is 0.741. The lowest BCUT2D eigenvalue weighted by atomic mass is 9.83. The molecule has 1 saturated carbocycles. The van der Waals surface area contributed by atoms with Crippen LogP contribution in [-0.4, -0.2) is 24.4 Å². The second kappa shape index (κ2) is 7.04. The molecule has 1 aliphatic carbocycles. The third-order valence-electron chi connectivity index (χ3n) is 3.61. The van der Waals surface area contributed by atoms with E-state index in [1.807, 2.05) is 0 Å². The summed E-state index contributed by atoms with van der Waals surface area (Å²) in [5.41, 5.74) is -3.96. The van der Waals surface area contributed by atoms with Crippen LogP contribution in [0.2, 0.25) is 0 Å². The van der Waals surface area contributed by atoms with Crippen molar-refractivity contribution in [3.63, 3.8) is 0 Å². The zero-order valence-electron chi connectivity index (χ0n) is 11.3. The number of rotatable bonds is 7. The first-order valence-electron chi connectivity index (χ1n) is 6.74. The third kappa shape index (κ3) is 6.32. The van der Waals surface area contributed by atoms with Crippen molar-refractivity contribution in [1.29, 1.82) is 0 Å². The van der Waals surface area contributed by atoms with Gasteiger partial charge in [0.25, 0.3) is 0 Å². The molecule has 0 aromatic rings. The molecule has 1 N–H and O–H groups in total. The van der Waals surface area contributed by atoms with Crippen LogP contribution in [-0.2, 0) is 0 Å². The summed E-state index contributed by atoms with van der Waals surface area (Å²) in [5, 5.41) is 3.42. The number of thioether (sulfide) groups is 1. The maximum atomic E-state index is 12.2. The van der Waals surface area contributed by atoms with E-state index in [0.29, 0.717) is 12.3 Å². The molecule has 0 aromatic carbocycles. The Labute approximate surface area is 112 Å². The van der Waals surface area contributed by atoms with Gasteiger partial charge in [0.15, 0.2) is 0 Å². The number of alkyl halides is 3. The van der Waals surface area contributed by atoms with Crippen molar-refractivity contribution in [3.8, 4) is 0 Å². The molecule has 1 rings (SSSR count). The van der Waals surface area contributed by atoms with E-state index in [0.717, 1.165) is 25.9 Å². The second-order valence-electron chi connectivity index (χ2n) is 5.78. The molecule has 5 heteroatoms. The van der Waals surface area contributed by atoms with Crippen molar-refractivity contribution in [2.75, 3.05) is 18.8 Å². The summed E-state index contributed by atoms with van der Waals surface area (Å²) in [7, 11) is 0. The fourth-order valence-electron chi connectivity index (χ4n) is 2.65. The zero-order chi connectivity index (χ0) is 13.6. The Balaban J connectivity index is 2.33. The van der Waals surface area contributed by atoms with E-state index in [2.05, 4.69) is 19.2 Å². The van der Waals surface area contributed by atoms with E-state index in [1.54, 1.807) is 0 Å². The molecule has 0 amide bonds. The first-order valence-corrected chi connectivity index (χ1v) is 7.73. The van der Waals surface area contributed by atoms with Gasteiger partial charge in [-0.15, -0.1) is 0 Å². The SMILES string of the molecule is CC(C)CNCC1(CCSC(F)(F)F)CCCC1. The van der Waals surface area contributed by atoms with Gasteiger partial charge in [-0.25, -0.2) is 0 Å². The van der Waals surface area contributed by atoms with Crippen molar-refractivity contribution < 1.29 is 13.2 Å². The Kier molecular flexibility index (Phi) is 6.31.